The molecule has 2 aliphatic rings. The number of carbonyl (C=O) groups is 1. The third kappa shape index (κ3) is 4.58. The number of nitrogens with zero attached hydrogens (tertiary/aromatic N) is 7. The molecule has 1 atom stereocenters. The number of benzene rings is 3. The van der Waals surface area contributed by atoms with Gasteiger partial charge in [-0.1, -0.05) is 77.9 Å². The van der Waals surface area contributed by atoms with Crippen molar-refractivity contribution < 1.29 is 4.79 Å². The van der Waals surface area contributed by atoms with Crippen molar-refractivity contribution in [1.29, 1.82) is 0 Å². The Bertz CT molecular complexity index is 1410. The summed E-state index contributed by atoms with van der Waals surface area (Å²) in [4.78, 5) is 19.8. The highest BCUT2D eigenvalue weighted by Crippen LogP contribution is 2.36. The van der Waals surface area contributed by atoms with Crippen LogP contribution in [0.15, 0.2) is 91.0 Å². The zero-order valence-corrected chi connectivity index (χ0v) is 20.8. The van der Waals surface area contributed by atoms with Gasteiger partial charge in [0.1, 0.15) is 12.6 Å². The number of fused-ring (bicyclic) bond motifs is 1. The molecule has 1 unspecified atom stereocenters. The summed E-state index contributed by atoms with van der Waals surface area (Å²) in [5, 5.41) is 12.6. The molecule has 1 saturated heterocycles. The maximum atomic E-state index is 13.6. The van der Waals surface area contributed by atoms with Crippen LogP contribution in [0.25, 0.3) is 5.70 Å². The predicted octanol–water partition coefficient (Wildman–Crippen LogP) is 3.78. The average molecular weight is 492 g/mol. The third-order valence-electron chi connectivity index (χ3n) is 7.09. The van der Waals surface area contributed by atoms with E-state index >= 15 is 0 Å². The second kappa shape index (κ2) is 9.89. The first-order chi connectivity index (χ1) is 18.2. The summed E-state index contributed by atoms with van der Waals surface area (Å²) >= 11 is 0. The van der Waals surface area contributed by atoms with Gasteiger partial charge in [0, 0.05) is 31.9 Å². The molecule has 0 bridgehead atoms. The van der Waals surface area contributed by atoms with Crippen molar-refractivity contribution in [2.75, 3.05) is 42.5 Å². The molecule has 186 valence electrons. The van der Waals surface area contributed by atoms with Crippen molar-refractivity contribution in [1.82, 2.24) is 25.1 Å². The van der Waals surface area contributed by atoms with E-state index < -0.39 is 0 Å². The number of hydrogen-bond acceptors (Lipinski definition) is 6. The van der Waals surface area contributed by atoms with E-state index in [1.807, 2.05) is 46.2 Å². The number of rotatable bonds is 5. The van der Waals surface area contributed by atoms with E-state index in [0.29, 0.717) is 19.0 Å². The summed E-state index contributed by atoms with van der Waals surface area (Å²) < 4.78 is 1.80. The number of aromatic nitrogens is 4. The van der Waals surface area contributed by atoms with Crippen molar-refractivity contribution in [2.45, 2.75) is 13.0 Å². The predicted molar refractivity (Wildman–Crippen MR) is 144 cm³/mol. The van der Waals surface area contributed by atoms with Crippen LogP contribution in [0, 0.1) is 6.92 Å². The highest BCUT2D eigenvalue weighted by Gasteiger charge is 2.33. The summed E-state index contributed by atoms with van der Waals surface area (Å²) in [6.45, 7) is 5.27. The van der Waals surface area contributed by atoms with Gasteiger partial charge in [-0.05, 0) is 52.2 Å². The first-order valence-corrected chi connectivity index (χ1v) is 12.6. The molecular weight excluding hydrogens is 462 g/mol. The lowest BCUT2D eigenvalue weighted by molar-refractivity contribution is -0.129. The van der Waals surface area contributed by atoms with E-state index in [4.69, 9.17) is 0 Å². The molecule has 1 aromatic heterocycles. The SMILES string of the molecule is Cc1cccc(N2CCN(C(=O)CN3C(c4ccccc4)=CC(c4ccccc4)n4nnnc43)CC2)c1. The van der Waals surface area contributed by atoms with Gasteiger partial charge in [0.05, 0.1) is 5.70 Å². The van der Waals surface area contributed by atoms with Crippen molar-refractivity contribution in [3.63, 3.8) is 0 Å². The standard InChI is InChI=1S/C29H29N7O/c1-22-9-8-14-25(19-22)33-15-17-34(18-16-33)28(37)21-35-26(23-10-4-2-5-11-23)20-27(24-12-6-3-7-13-24)36-29(35)30-31-32-36/h2-14,19-20,27H,15-18,21H2,1H3. The Morgan fingerprint density at radius 2 is 1.62 bits per heavy atom. The first kappa shape index (κ1) is 23.0. The summed E-state index contributed by atoms with van der Waals surface area (Å²) in [5.74, 6) is 0.639. The number of hydrogen-bond donors (Lipinski definition) is 0. The molecule has 8 heteroatoms. The van der Waals surface area contributed by atoms with Crippen LogP contribution in [-0.2, 0) is 4.79 Å². The normalized spacial score (nSPS) is 17.4. The molecule has 1 fully saturated rings. The topological polar surface area (TPSA) is 70.4 Å². The first-order valence-electron chi connectivity index (χ1n) is 12.6. The van der Waals surface area contributed by atoms with Crippen LogP contribution in [0.2, 0.25) is 0 Å². The highest BCUT2D eigenvalue weighted by atomic mass is 16.2. The quantitative estimate of drug-likeness (QED) is 0.423. The largest absolute Gasteiger partial charge is 0.368 e. The van der Waals surface area contributed by atoms with Gasteiger partial charge < -0.3 is 9.80 Å². The average Bonchev–Trinajstić information content (AvgIpc) is 3.44. The van der Waals surface area contributed by atoms with Crippen LogP contribution in [0.1, 0.15) is 22.7 Å². The van der Waals surface area contributed by atoms with E-state index in [0.717, 1.165) is 29.9 Å². The van der Waals surface area contributed by atoms with E-state index in [1.165, 1.54) is 11.3 Å². The molecule has 8 nitrogen and oxygen atoms in total. The van der Waals surface area contributed by atoms with Crippen LogP contribution in [0.3, 0.4) is 0 Å². The van der Waals surface area contributed by atoms with E-state index in [2.05, 4.69) is 82.0 Å². The van der Waals surface area contributed by atoms with Gasteiger partial charge in [-0.3, -0.25) is 9.69 Å². The highest BCUT2D eigenvalue weighted by molar-refractivity contribution is 5.89. The fourth-order valence-corrected chi connectivity index (χ4v) is 5.14. The lowest BCUT2D eigenvalue weighted by Crippen LogP contribution is -2.51. The number of tetrazole rings is 1. The maximum absolute atomic E-state index is 13.6. The Balaban J connectivity index is 1.25. The second-order valence-corrected chi connectivity index (χ2v) is 9.49. The minimum absolute atomic E-state index is 0.0680. The minimum Gasteiger partial charge on any atom is -0.368 e. The molecule has 0 N–H and O–H groups in total. The molecule has 1 amide bonds. The Hall–Kier alpha value is -4.46. The Morgan fingerprint density at radius 3 is 2.35 bits per heavy atom. The van der Waals surface area contributed by atoms with Crippen LogP contribution in [0.5, 0.6) is 0 Å². The van der Waals surface area contributed by atoms with Gasteiger partial charge in [0.15, 0.2) is 0 Å². The Labute approximate surface area is 216 Å². The molecular formula is C29H29N7O. The number of allylic oxidation sites excluding steroid dienone is 1. The van der Waals surface area contributed by atoms with Crippen LogP contribution in [-0.4, -0.2) is 63.7 Å². The van der Waals surface area contributed by atoms with Crippen LogP contribution >= 0.6 is 0 Å². The monoisotopic (exact) mass is 491 g/mol. The molecule has 37 heavy (non-hydrogen) atoms. The summed E-state index contributed by atoms with van der Waals surface area (Å²) in [6.07, 6.45) is 2.15. The lowest BCUT2D eigenvalue weighted by Gasteiger charge is -2.38. The van der Waals surface area contributed by atoms with Crippen LogP contribution in [0.4, 0.5) is 11.6 Å². The minimum atomic E-state index is -0.161. The zero-order chi connectivity index (χ0) is 25.2. The number of carbonyl (C=O) groups excluding carboxylic acids is 1. The fraction of sp³-hybridized carbons (Fsp3) is 0.241. The molecule has 0 spiro atoms. The summed E-state index contributed by atoms with van der Waals surface area (Å²) in [6, 6.07) is 28.7. The van der Waals surface area contributed by atoms with Gasteiger partial charge >= 0.3 is 0 Å². The Morgan fingerprint density at radius 1 is 0.892 bits per heavy atom. The molecule has 6 rings (SSSR count). The molecule has 0 radical (unpaired) electrons. The second-order valence-electron chi connectivity index (χ2n) is 9.49. The number of amides is 1. The fourth-order valence-electron chi connectivity index (χ4n) is 5.14. The van der Waals surface area contributed by atoms with Crippen molar-refractivity contribution in [2.24, 2.45) is 0 Å². The molecule has 3 heterocycles. The molecule has 0 aliphatic carbocycles. The van der Waals surface area contributed by atoms with Gasteiger partial charge in [0.25, 0.3) is 5.95 Å². The van der Waals surface area contributed by atoms with Gasteiger partial charge in [-0.25, -0.2) is 0 Å². The van der Waals surface area contributed by atoms with Crippen molar-refractivity contribution >= 4 is 23.2 Å². The number of piperazine rings is 1. The molecule has 3 aromatic carbocycles. The number of anilines is 2. The molecule has 4 aromatic rings. The summed E-state index contributed by atoms with van der Waals surface area (Å²) in [5.41, 5.74) is 5.50. The smallest absolute Gasteiger partial charge is 0.251 e. The summed E-state index contributed by atoms with van der Waals surface area (Å²) in [7, 11) is 0. The van der Waals surface area contributed by atoms with Crippen molar-refractivity contribution in [3.8, 4) is 0 Å². The van der Waals surface area contributed by atoms with Gasteiger partial charge in [-0.2, -0.15) is 4.68 Å². The third-order valence-corrected chi connectivity index (χ3v) is 7.09. The zero-order valence-electron chi connectivity index (χ0n) is 20.8. The number of aryl methyl sites for hydroxylation is 1. The van der Waals surface area contributed by atoms with Crippen LogP contribution < -0.4 is 9.80 Å². The Kier molecular flexibility index (Phi) is 6.14. The van der Waals surface area contributed by atoms with E-state index in [-0.39, 0.29) is 18.5 Å². The molecule has 2 aliphatic heterocycles. The van der Waals surface area contributed by atoms with Gasteiger partial charge in [0.2, 0.25) is 5.91 Å². The van der Waals surface area contributed by atoms with Gasteiger partial charge in [-0.15, -0.1) is 0 Å². The lowest BCUT2D eigenvalue weighted by atomic mass is 10.0. The van der Waals surface area contributed by atoms with E-state index in [1.54, 1.807) is 4.68 Å². The van der Waals surface area contributed by atoms with Crippen molar-refractivity contribution in [3.05, 3.63) is 108 Å². The maximum Gasteiger partial charge on any atom is 0.251 e. The van der Waals surface area contributed by atoms with E-state index in [9.17, 15) is 4.79 Å². The molecule has 0 saturated carbocycles.